The molecular formula is C31H35N5O4. The summed E-state index contributed by atoms with van der Waals surface area (Å²) in [7, 11) is 3.09. The lowest BCUT2D eigenvalue weighted by molar-refractivity contribution is 0.0902. The largest absolute Gasteiger partial charge is 0.493 e. The summed E-state index contributed by atoms with van der Waals surface area (Å²) < 4.78 is 12.7. The lowest BCUT2D eigenvalue weighted by atomic mass is 10.0. The zero-order chi connectivity index (χ0) is 28.2. The number of aryl methyl sites for hydroxylation is 1. The highest BCUT2D eigenvalue weighted by molar-refractivity contribution is 5.82. The van der Waals surface area contributed by atoms with Crippen LogP contribution in [0.25, 0.3) is 10.9 Å². The van der Waals surface area contributed by atoms with E-state index in [4.69, 9.17) is 20.2 Å². The SMILES string of the molecule is COc1cc2nc(C3CCN(CCN)C(=O)N3Cc3ccc(C)cc3)n(Cc3ccccc3)c(=O)c2cc1OC. The minimum Gasteiger partial charge on any atom is -0.493 e. The summed E-state index contributed by atoms with van der Waals surface area (Å²) in [5.41, 5.74) is 9.24. The predicted molar refractivity (Wildman–Crippen MR) is 155 cm³/mol. The van der Waals surface area contributed by atoms with E-state index in [0.717, 1.165) is 16.7 Å². The molecule has 9 heteroatoms. The highest BCUT2D eigenvalue weighted by atomic mass is 16.5. The van der Waals surface area contributed by atoms with Crippen molar-refractivity contribution in [3.8, 4) is 11.5 Å². The quantitative estimate of drug-likeness (QED) is 0.342. The number of carbonyl (C=O) groups is 1. The van der Waals surface area contributed by atoms with Gasteiger partial charge in [-0.25, -0.2) is 9.78 Å². The number of nitrogens with zero attached hydrogens (tertiary/aromatic N) is 4. The Kier molecular flexibility index (Phi) is 8.02. The van der Waals surface area contributed by atoms with Gasteiger partial charge in [0.2, 0.25) is 0 Å². The monoisotopic (exact) mass is 541 g/mol. The summed E-state index contributed by atoms with van der Waals surface area (Å²) in [6.07, 6.45) is 0.609. The first-order chi connectivity index (χ1) is 19.4. The van der Waals surface area contributed by atoms with E-state index >= 15 is 0 Å². The van der Waals surface area contributed by atoms with Gasteiger partial charge in [0.25, 0.3) is 5.56 Å². The molecule has 0 aliphatic carbocycles. The number of aromatic nitrogens is 2. The number of ether oxygens (including phenoxy) is 2. The molecule has 1 aliphatic rings. The van der Waals surface area contributed by atoms with E-state index in [0.29, 0.717) is 67.4 Å². The van der Waals surface area contributed by atoms with Crippen molar-refractivity contribution in [3.05, 3.63) is 99.6 Å². The van der Waals surface area contributed by atoms with Crippen molar-refractivity contribution in [2.24, 2.45) is 5.73 Å². The predicted octanol–water partition coefficient (Wildman–Crippen LogP) is 4.10. The van der Waals surface area contributed by atoms with Crippen LogP contribution in [0.4, 0.5) is 4.79 Å². The second-order valence-corrected chi connectivity index (χ2v) is 10.0. The standard InChI is InChI=1S/C31H35N5O4/c1-21-9-11-23(12-10-21)19-35-26(13-15-34(16-14-32)31(35)38)29-33-25-18-28(40-3)27(39-2)17-24(25)30(37)36(29)20-22-7-5-4-6-8-22/h4-12,17-18,26H,13-16,19-20,32H2,1-3H3. The van der Waals surface area contributed by atoms with Gasteiger partial charge in [-0.3, -0.25) is 9.36 Å². The van der Waals surface area contributed by atoms with E-state index in [1.165, 1.54) is 7.11 Å². The van der Waals surface area contributed by atoms with Gasteiger partial charge in [-0.05, 0) is 30.5 Å². The first kappa shape index (κ1) is 27.2. The highest BCUT2D eigenvalue weighted by Gasteiger charge is 2.37. The summed E-state index contributed by atoms with van der Waals surface area (Å²) in [5, 5.41) is 0.425. The molecule has 1 atom stereocenters. The average Bonchev–Trinajstić information content (AvgIpc) is 2.97. The number of nitrogens with two attached hydrogens (primary N) is 1. The molecule has 3 aromatic carbocycles. The molecule has 0 radical (unpaired) electrons. The van der Waals surface area contributed by atoms with Gasteiger partial charge in [0, 0.05) is 32.2 Å². The number of methoxy groups -OCH3 is 2. The molecule has 9 nitrogen and oxygen atoms in total. The number of amides is 2. The number of rotatable bonds is 9. The fourth-order valence-electron chi connectivity index (χ4n) is 5.28. The Morgan fingerprint density at radius 1 is 0.925 bits per heavy atom. The maximum Gasteiger partial charge on any atom is 0.320 e. The Hall–Kier alpha value is -4.37. The first-order valence-electron chi connectivity index (χ1n) is 13.4. The molecule has 1 fully saturated rings. The molecule has 0 spiro atoms. The van der Waals surface area contributed by atoms with Gasteiger partial charge in [0.15, 0.2) is 11.5 Å². The van der Waals surface area contributed by atoms with Crippen LogP contribution < -0.4 is 20.8 Å². The first-order valence-corrected chi connectivity index (χ1v) is 13.4. The molecule has 2 heterocycles. The molecule has 1 saturated heterocycles. The second kappa shape index (κ2) is 11.8. The number of fused-ring (bicyclic) bond motifs is 1. The van der Waals surface area contributed by atoms with Crippen molar-refractivity contribution in [1.29, 1.82) is 0 Å². The molecule has 4 aromatic rings. The Balaban J connectivity index is 1.68. The Labute approximate surface area is 233 Å². The van der Waals surface area contributed by atoms with Crippen LogP contribution in [0.3, 0.4) is 0 Å². The van der Waals surface area contributed by atoms with Gasteiger partial charge in [0.1, 0.15) is 5.82 Å². The van der Waals surface area contributed by atoms with Gasteiger partial charge < -0.3 is 25.0 Å². The highest BCUT2D eigenvalue weighted by Crippen LogP contribution is 2.34. The summed E-state index contributed by atoms with van der Waals surface area (Å²) in [5.74, 6) is 1.49. The van der Waals surface area contributed by atoms with Crippen LogP contribution in [0.1, 0.15) is 35.0 Å². The summed E-state index contributed by atoms with van der Waals surface area (Å²) in [6, 6.07) is 20.8. The van der Waals surface area contributed by atoms with Gasteiger partial charge in [-0.2, -0.15) is 0 Å². The Bertz CT molecular complexity index is 1550. The van der Waals surface area contributed by atoms with Crippen LogP contribution in [0.2, 0.25) is 0 Å². The average molecular weight is 542 g/mol. The van der Waals surface area contributed by atoms with Crippen molar-refractivity contribution in [2.45, 2.75) is 32.5 Å². The van der Waals surface area contributed by atoms with Gasteiger partial charge in [-0.15, -0.1) is 0 Å². The zero-order valence-corrected chi connectivity index (χ0v) is 23.2. The summed E-state index contributed by atoms with van der Waals surface area (Å²) >= 11 is 0. The number of urea groups is 1. The van der Waals surface area contributed by atoms with E-state index in [-0.39, 0.29) is 11.6 Å². The summed E-state index contributed by atoms with van der Waals surface area (Å²) in [4.78, 5) is 36.6. The number of carbonyl (C=O) groups excluding carboxylic acids is 1. The third kappa shape index (κ3) is 5.37. The lowest BCUT2D eigenvalue weighted by Crippen LogP contribution is -2.52. The molecule has 0 saturated carbocycles. The van der Waals surface area contributed by atoms with Crippen LogP contribution in [0.5, 0.6) is 11.5 Å². The minimum absolute atomic E-state index is 0.116. The molecule has 1 aliphatic heterocycles. The maximum atomic E-state index is 14.1. The van der Waals surface area contributed by atoms with Crippen molar-refractivity contribution < 1.29 is 14.3 Å². The third-order valence-corrected chi connectivity index (χ3v) is 7.41. The van der Waals surface area contributed by atoms with Crippen LogP contribution in [0, 0.1) is 6.92 Å². The molecule has 208 valence electrons. The normalized spacial score (nSPS) is 15.5. The molecule has 2 N–H and O–H groups in total. The number of hydrogen-bond acceptors (Lipinski definition) is 6. The van der Waals surface area contributed by atoms with Crippen LogP contribution in [-0.2, 0) is 13.1 Å². The molecule has 5 rings (SSSR count). The van der Waals surface area contributed by atoms with E-state index in [2.05, 4.69) is 0 Å². The molecule has 2 amide bonds. The van der Waals surface area contributed by atoms with Gasteiger partial charge in [-0.1, -0.05) is 60.2 Å². The Morgan fingerprint density at radius 3 is 2.27 bits per heavy atom. The fourth-order valence-corrected chi connectivity index (χ4v) is 5.28. The number of benzene rings is 3. The summed E-state index contributed by atoms with van der Waals surface area (Å²) in [6.45, 7) is 4.11. The van der Waals surface area contributed by atoms with Crippen LogP contribution in [-0.4, -0.2) is 59.2 Å². The smallest absolute Gasteiger partial charge is 0.320 e. The molecule has 1 aromatic heterocycles. The van der Waals surface area contributed by atoms with E-state index in [1.807, 2.05) is 66.4 Å². The van der Waals surface area contributed by atoms with Crippen LogP contribution in [0.15, 0.2) is 71.5 Å². The molecule has 1 unspecified atom stereocenters. The molecule has 0 bridgehead atoms. The zero-order valence-electron chi connectivity index (χ0n) is 23.2. The van der Waals surface area contributed by atoms with E-state index in [9.17, 15) is 9.59 Å². The topological polar surface area (TPSA) is 103 Å². The third-order valence-electron chi connectivity index (χ3n) is 7.41. The number of hydrogen-bond donors (Lipinski definition) is 1. The Morgan fingerprint density at radius 2 is 1.60 bits per heavy atom. The van der Waals surface area contributed by atoms with Crippen molar-refractivity contribution >= 4 is 16.9 Å². The minimum atomic E-state index is -0.420. The van der Waals surface area contributed by atoms with Crippen molar-refractivity contribution in [2.75, 3.05) is 33.9 Å². The van der Waals surface area contributed by atoms with Crippen molar-refractivity contribution in [1.82, 2.24) is 19.4 Å². The van der Waals surface area contributed by atoms with E-state index in [1.54, 1.807) is 28.7 Å². The van der Waals surface area contributed by atoms with Gasteiger partial charge >= 0.3 is 6.03 Å². The fraction of sp³-hybridized carbons (Fsp3) is 0.323. The van der Waals surface area contributed by atoms with E-state index < -0.39 is 6.04 Å². The lowest BCUT2D eigenvalue weighted by Gasteiger charge is -2.41. The molecule has 40 heavy (non-hydrogen) atoms. The molecular weight excluding hydrogens is 506 g/mol. The van der Waals surface area contributed by atoms with Crippen LogP contribution >= 0.6 is 0 Å². The van der Waals surface area contributed by atoms with Crippen molar-refractivity contribution in [3.63, 3.8) is 0 Å². The second-order valence-electron chi connectivity index (χ2n) is 10.0. The maximum absolute atomic E-state index is 14.1. The van der Waals surface area contributed by atoms with Gasteiger partial charge in [0.05, 0.1) is 37.7 Å².